The average molecular weight is 980 g/mol. The molecule has 0 bridgehead atoms. The van der Waals surface area contributed by atoms with E-state index in [0.717, 1.165) is 11.0 Å². The van der Waals surface area contributed by atoms with Gasteiger partial charge in [0.2, 0.25) is 11.8 Å². The molecule has 20 heteroatoms. The molecule has 8 rings (SSSR count). The number of halogens is 7. The number of amides is 4. The molecule has 2 saturated heterocycles. The number of phenolic OH excluding ortho intramolecular Hbond substituents is 1. The maximum atomic E-state index is 15.5. The van der Waals surface area contributed by atoms with Gasteiger partial charge in [-0.1, -0.05) is 53.1 Å². The van der Waals surface area contributed by atoms with Crippen LogP contribution in [0, 0.1) is 33.8 Å². The second-order valence-corrected chi connectivity index (χ2v) is 16.8. The minimum atomic E-state index is -4.80. The maximum Gasteiger partial charge on any atom is 0.417 e. The number of nitrogens with zero attached hydrogens (tertiary/aromatic N) is 4. The summed E-state index contributed by atoms with van der Waals surface area (Å²) < 4.78 is 46.5. The summed E-state index contributed by atoms with van der Waals surface area (Å²) in [5, 5.41) is 23.1. The van der Waals surface area contributed by atoms with Gasteiger partial charge >= 0.3 is 6.18 Å². The van der Waals surface area contributed by atoms with E-state index in [1.54, 1.807) is 18.2 Å². The van der Waals surface area contributed by atoms with Gasteiger partial charge in [0.15, 0.2) is 17.3 Å². The summed E-state index contributed by atoms with van der Waals surface area (Å²) in [6, 6.07) is 13.4. The Hall–Kier alpha value is -5.04. The molecular formula is C39H26Br2Cl2F3N5O8. The first kappa shape index (κ1) is 40.7. The van der Waals surface area contributed by atoms with E-state index >= 15 is 4.79 Å². The lowest BCUT2D eigenvalue weighted by Gasteiger charge is -2.51. The Morgan fingerprint density at radius 3 is 2.36 bits per heavy atom. The predicted octanol–water partition coefficient (Wildman–Crippen LogP) is 8.74. The first-order valence-electron chi connectivity index (χ1n) is 17.6. The number of carbonyl (C=O) groups is 4. The Balaban J connectivity index is 1.34. The minimum absolute atomic E-state index is 0.00750. The van der Waals surface area contributed by atoms with Crippen LogP contribution in [-0.4, -0.2) is 50.8 Å². The molecular weight excluding hydrogens is 954 g/mol. The monoisotopic (exact) mass is 977 g/mol. The first-order valence-corrected chi connectivity index (χ1v) is 20.0. The highest BCUT2D eigenvalue weighted by Crippen LogP contribution is 2.66. The molecule has 6 unspecified atom stereocenters. The van der Waals surface area contributed by atoms with Crippen LogP contribution in [0.2, 0.25) is 10.0 Å². The number of ether oxygens (including phenoxy) is 1. The molecule has 4 aromatic rings. The largest absolute Gasteiger partial charge is 0.503 e. The third-order valence-corrected chi connectivity index (χ3v) is 14.3. The van der Waals surface area contributed by atoms with Crippen LogP contribution in [0.1, 0.15) is 35.4 Å². The van der Waals surface area contributed by atoms with E-state index in [0.29, 0.717) is 39.0 Å². The van der Waals surface area contributed by atoms with Crippen LogP contribution in [0.25, 0.3) is 0 Å². The zero-order chi connectivity index (χ0) is 42.5. The number of rotatable bonds is 7. The van der Waals surface area contributed by atoms with Crippen molar-refractivity contribution in [2.24, 2.45) is 23.7 Å². The normalized spacial score (nSPS) is 25.1. The molecule has 2 N–H and O–H groups in total. The van der Waals surface area contributed by atoms with Crippen molar-refractivity contribution in [3.8, 4) is 11.5 Å². The van der Waals surface area contributed by atoms with Crippen molar-refractivity contribution in [1.29, 1.82) is 0 Å². The smallest absolute Gasteiger partial charge is 0.417 e. The number of nitro benzene ring substituents is 1. The number of nitro groups is 1. The number of pyridine rings is 1. The molecule has 0 radical (unpaired) electrons. The van der Waals surface area contributed by atoms with Crippen LogP contribution in [0.3, 0.4) is 0 Å². The molecule has 2 aliphatic carbocycles. The molecule has 13 nitrogen and oxygen atoms in total. The summed E-state index contributed by atoms with van der Waals surface area (Å²) in [7, 11) is 1.31. The van der Waals surface area contributed by atoms with Crippen molar-refractivity contribution in [3.63, 3.8) is 0 Å². The Kier molecular flexibility index (Phi) is 10.1. The van der Waals surface area contributed by atoms with Gasteiger partial charge in [-0.2, -0.15) is 18.2 Å². The number of non-ortho nitro benzene ring substituents is 1. The fourth-order valence-corrected chi connectivity index (χ4v) is 10.4. The standard InChI is InChI=1S/C39H26Br2Cl2F3N5O8/c1-59-27-14-24(30(40)31(41)32(27)52)29-21-9-10-22-28(36(55)49(34(22)53)19-3-2-4-20(12-19)51(57)58)23(21)13-25-35(54)50(37(56)38(25,29)16-5-7-18(42)8-6-16)48-33-26(43)11-17(15-47-33)39(44,45)46/h2-9,11-12,14-15,22-23,25,28-29,52H,10,13H2,1H3,(H,47,48). The molecule has 1 saturated carbocycles. The number of aromatic nitrogens is 1. The number of anilines is 2. The van der Waals surface area contributed by atoms with Gasteiger partial charge in [-0.15, -0.1) is 0 Å². The van der Waals surface area contributed by atoms with Crippen LogP contribution in [0.5, 0.6) is 11.5 Å². The van der Waals surface area contributed by atoms with Crippen LogP contribution >= 0.6 is 55.1 Å². The Morgan fingerprint density at radius 2 is 1.71 bits per heavy atom. The number of phenols is 1. The van der Waals surface area contributed by atoms with E-state index in [-0.39, 0.29) is 44.7 Å². The van der Waals surface area contributed by atoms with E-state index in [1.807, 2.05) is 0 Å². The summed E-state index contributed by atoms with van der Waals surface area (Å²) in [5.41, 5.74) is 0.277. The fourth-order valence-electron chi connectivity index (χ4n) is 9.10. The highest BCUT2D eigenvalue weighted by Gasteiger charge is 2.71. The number of carbonyl (C=O) groups excluding carboxylic acids is 4. The highest BCUT2D eigenvalue weighted by molar-refractivity contribution is 9.13. The second-order valence-electron chi connectivity index (χ2n) is 14.4. The van der Waals surface area contributed by atoms with E-state index in [4.69, 9.17) is 27.9 Å². The van der Waals surface area contributed by atoms with Crippen molar-refractivity contribution in [2.75, 3.05) is 17.4 Å². The topological polar surface area (TPSA) is 172 Å². The predicted molar refractivity (Wildman–Crippen MR) is 213 cm³/mol. The summed E-state index contributed by atoms with van der Waals surface area (Å²) in [5.74, 6) is -9.14. The number of imide groups is 2. The number of aromatic hydroxyl groups is 1. The second kappa shape index (κ2) is 14.6. The maximum absolute atomic E-state index is 15.5. The van der Waals surface area contributed by atoms with Crippen molar-refractivity contribution < 1.29 is 47.1 Å². The lowest BCUT2D eigenvalue weighted by Crippen LogP contribution is -2.53. The fraction of sp³-hybridized carbons (Fsp3) is 0.256. The number of allylic oxidation sites excluding steroid dienone is 2. The minimum Gasteiger partial charge on any atom is -0.503 e. The number of benzene rings is 3. The molecule has 3 heterocycles. The molecule has 3 fully saturated rings. The molecule has 4 amide bonds. The van der Waals surface area contributed by atoms with Gasteiger partial charge in [-0.25, -0.2) is 9.88 Å². The summed E-state index contributed by atoms with van der Waals surface area (Å²) >= 11 is 19.6. The Labute approximate surface area is 358 Å². The van der Waals surface area contributed by atoms with Crippen molar-refractivity contribution in [3.05, 3.63) is 124 Å². The van der Waals surface area contributed by atoms with E-state index in [2.05, 4.69) is 42.3 Å². The van der Waals surface area contributed by atoms with Crippen LogP contribution in [0.15, 0.2) is 87.5 Å². The molecule has 304 valence electrons. The molecule has 3 aromatic carbocycles. The van der Waals surface area contributed by atoms with Gasteiger partial charge in [0.1, 0.15) is 0 Å². The molecule has 59 heavy (non-hydrogen) atoms. The van der Waals surface area contributed by atoms with Crippen LogP contribution < -0.4 is 15.1 Å². The highest BCUT2D eigenvalue weighted by atomic mass is 79.9. The summed E-state index contributed by atoms with van der Waals surface area (Å²) in [6.45, 7) is 0. The van der Waals surface area contributed by atoms with Crippen molar-refractivity contribution >= 4 is 95.9 Å². The number of hydrogen-bond donors (Lipinski definition) is 2. The number of hydrogen-bond acceptors (Lipinski definition) is 10. The molecule has 2 aliphatic heterocycles. The number of nitrogens with one attached hydrogen (secondary N) is 1. The van der Waals surface area contributed by atoms with Gasteiger partial charge in [-0.05, 0) is 92.1 Å². The number of alkyl halides is 3. The lowest BCUT2D eigenvalue weighted by molar-refractivity contribution is -0.384. The summed E-state index contributed by atoms with van der Waals surface area (Å²) in [4.78, 5) is 74.9. The van der Waals surface area contributed by atoms with Crippen LogP contribution in [-0.2, 0) is 30.8 Å². The van der Waals surface area contributed by atoms with Gasteiger partial charge in [0, 0.05) is 33.7 Å². The summed E-state index contributed by atoms with van der Waals surface area (Å²) in [6.07, 6.45) is -2.72. The van der Waals surface area contributed by atoms with Gasteiger partial charge in [0.05, 0.1) is 55.9 Å². The van der Waals surface area contributed by atoms with Gasteiger partial charge in [0.25, 0.3) is 17.5 Å². The first-order chi connectivity index (χ1) is 27.9. The zero-order valence-corrected chi connectivity index (χ0v) is 34.7. The van der Waals surface area contributed by atoms with Crippen molar-refractivity contribution in [2.45, 2.75) is 30.4 Å². The molecule has 4 aliphatic rings. The Morgan fingerprint density at radius 1 is 1.00 bits per heavy atom. The van der Waals surface area contributed by atoms with E-state index < -0.39 is 86.1 Å². The third-order valence-electron chi connectivity index (χ3n) is 11.6. The molecule has 6 atom stereocenters. The lowest BCUT2D eigenvalue weighted by atomic mass is 9.49. The molecule has 0 spiro atoms. The van der Waals surface area contributed by atoms with Crippen LogP contribution in [0.4, 0.5) is 30.4 Å². The van der Waals surface area contributed by atoms with Gasteiger partial charge in [-0.3, -0.25) is 34.7 Å². The number of fused-ring (bicyclic) bond motifs is 4. The van der Waals surface area contributed by atoms with E-state index in [1.165, 1.54) is 43.5 Å². The number of hydrazine groups is 1. The SMILES string of the molecule is COc1cc(C2C3=CCC4C(=O)N(c5cccc([N+](=O)[O-])c5)C(=O)C4C3CC3C(=O)N(Nc4ncc(C(F)(F)F)cc4Cl)C(=O)C32c2ccc(Cl)cc2)c(Br)c(Br)c1O. The number of methoxy groups -OCH3 is 1. The van der Waals surface area contributed by atoms with Gasteiger partial charge < -0.3 is 9.84 Å². The quantitative estimate of drug-likeness (QED) is 0.0790. The van der Waals surface area contributed by atoms with E-state index in [9.17, 15) is 42.8 Å². The Bertz CT molecular complexity index is 2560. The third kappa shape index (κ3) is 6.20. The average Bonchev–Trinajstić information content (AvgIpc) is 3.58. The van der Waals surface area contributed by atoms with Crippen molar-refractivity contribution in [1.82, 2.24) is 9.99 Å². The molecule has 1 aromatic heterocycles. The zero-order valence-electron chi connectivity index (χ0n) is 30.0.